The first kappa shape index (κ1) is 14.2. The average Bonchev–Trinajstić information content (AvgIpc) is 2.54. The van der Waals surface area contributed by atoms with Gasteiger partial charge in [0.2, 0.25) is 0 Å². The monoisotopic (exact) mass is 245 g/mol. The lowest BCUT2D eigenvalue weighted by Crippen LogP contribution is -2.42. The van der Waals surface area contributed by atoms with Gasteiger partial charge in [0.25, 0.3) is 0 Å². The topological polar surface area (TPSA) is 87.8 Å². The zero-order chi connectivity index (χ0) is 13.1. The van der Waals surface area contributed by atoms with Gasteiger partial charge < -0.3 is 25.8 Å². The minimum atomic E-state index is -0.561. The third kappa shape index (κ3) is 4.49. The Labute approximate surface area is 102 Å². The second kappa shape index (κ2) is 5.66. The van der Waals surface area contributed by atoms with Gasteiger partial charge in [-0.25, -0.2) is 4.79 Å². The Morgan fingerprint density at radius 3 is 2.71 bits per heavy atom. The molecular weight excluding hydrogens is 222 g/mol. The van der Waals surface area contributed by atoms with Gasteiger partial charge in [0.05, 0.1) is 18.7 Å². The Morgan fingerprint density at radius 1 is 1.53 bits per heavy atom. The molecule has 0 saturated carbocycles. The molecule has 4 N–H and O–H groups in total. The number of ether oxygens (including phenoxy) is 1. The molecule has 0 aromatic carbocycles. The average molecular weight is 245 g/mol. The van der Waals surface area contributed by atoms with E-state index in [4.69, 9.17) is 10.5 Å². The van der Waals surface area contributed by atoms with Crippen LogP contribution in [0.2, 0.25) is 0 Å². The van der Waals surface area contributed by atoms with E-state index in [1.165, 1.54) is 4.90 Å². The lowest BCUT2D eigenvalue weighted by molar-refractivity contribution is 0.0270. The molecule has 0 aromatic heterocycles. The summed E-state index contributed by atoms with van der Waals surface area (Å²) in [5.41, 5.74) is 4.87. The normalized spacial score (nSPS) is 25.1. The lowest BCUT2D eigenvalue weighted by atomic mass is 10.2. The molecule has 1 amide bonds. The van der Waals surface area contributed by atoms with Gasteiger partial charge in [-0.3, -0.25) is 0 Å². The molecule has 1 fully saturated rings. The number of hydrogen-bond donors (Lipinski definition) is 3. The van der Waals surface area contributed by atoms with Crippen LogP contribution < -0.4 is 11.1 Å². The van der Waals surface area contributed by atoms with Crippen LogP contribution in [-0.2, 0) is 4.74 Å². The van der Waals surface area contributed by atoms with Crippen LogP contribution in [0.15, 0.2) is 0 Å². The van der Waals surface area contributed by atoms with Crippen molar-refractivity contribution in [3.05, 3.63) is 0 Å². The third-order valence-electron chi connectivity index (χ3n) is 2.49. The summed E-state index contributed by atoms with van der Waals surface area (Å²) in [6, 6.07) is -0.119. The van der Waals surface area contributed by atoms with E-state index >= 15 is 0 Å². The van der Waals surface area contributed by atoms with Crippen molar-refractivity contribution >= 4 is 6.09 Å². The molecule has 1 aliphatic heterocycles. The lowest BCUT2D eigenvalue weighted by Gasteiger charge is -2.24. The van der Waals surface area contributed by atoms with Crippen LogP contribution in [0.3, 0.4) is 0 Å². The second-order valence-corrected chi connectivity index (χ2v) is 5.30. The number of likely N-dealkylation sites (tertiary alicyclic amines) is 1. The fourth-order valence-electron chi connectivity index (χ4n) is 1.73. The Kier molecular flexibility index (Phi) is 4.73. The maximum absolute atomic E-state index is 11.8. The van der Waals surface area contributed by atoms with E-state index < -0.39 is 11.7 Å². The Morgan fingerprint density at radius 2 is 2.18 bits per heavy atom. The molecule has 0 aliphatic carbocycles. The maximum atomic E-state index is 11.8. The summed E-state index contributed by atoms with van der Waals surface area (Å²) < 4.78 is 5.25. The molecule has 2 atom stereocenters. The Bertz CT molecular complexity index is 265. The van der Waals surface area contributed by atoms with Crippen molar-refractivity contribution in [1.29, 1.82) is 0 Å². The highest BCUT2D eigenvalue weighted by molar-refractivity contribution is 5.68. The number of nitrogens with zero attached hydrogens (tertiary/aromatic N) is 1. The second-order valence-electron chi connectivity index (χ2n) is 5.30. The highest BCUT2D eigenvalue weighted by Gasteiger charge is 2.35. The van der Waals surface area contributed by atoms with Crippen LogP contribution in [0.25, 0.3) is 0 Å². The third-order valence-corrected chi connectivity index (χ3v) is 2.49. The predicted octanol–water partition coefficient (Wildman–Crippen LogP) is -0.485. The molecular formula is C11H23N3O3. The number of hydrogen-bond acceptors (Lipinski definition) is 5. The van der Waals surface area contributed by atoms with E-state index in [1.807, 2.05) is 20.8 Å². The van der Waals surface area contributed by atoms with Crippen molar-refractivity contribution in [2.75, 3.05) is 26.2 Å². The molecule has 1 heterocycles. The minimum Gasteiger partial charge on any atom is -0.444 e. The molecule has 17 heavy (non-hydrogen) atoms. The molecule has 0 aromatic rings. The van der Waals surface area contributed by atoms with Crippen molar-refractivity contribution in [2.45, 2.75) is 38.5 Å². The molecule has 0 spiro atoms. The van der Waals surface area contributed by atoms with Crippen LogP contribution in [0.1, 0.15) is 20.8 Å². The predicted molar refractivity (Wildman–Crippen MR) is 64.7 cm³/mol. The standard InChI is InChI=1S/C11H23N3O3/c1-11(2,3)17-10(16)14-6-8(9(15)7-14)13-5-4-12/h8-9,13,15H,4-7,12H2,1-3H3. The summed E-state index contributed by atoms with van der Waals surface area (Å²) >= 11 is 0. The molecule has 6 nitrogen and oxygen atoms in total. The number of rotatable bonds is 3. The van der Waals surface area contributed by atoms with Gasteiger partial charge in [-0.15, -0.1) is 0 Å². The number of β-amino-alcohol motifs (C(OH)–C–C–N with tert-alkyl or cyclic N) is 1. The van der Waals surface area contributed by atoms with Gasteiger partial charge >= 0.3 is 6.09 Å². The number of nitrogens with two attached hydrogens (primary N) is 1. The molecule has 6 heteroatoms. The quantitative estimate of drug-likeness (QED) is 0.625. The highest BCUT2D eigenvalue weighted by atomic mass is 16.6. The van der Waals surface area contributed by atoms with Crippen molar-refractivity contribution in [3.63, 3.8) is 0 Å². The van der Waals surface area contributed by atoms with Gasteiger partial charge in [0.15, 0.2) is 0 Å². The Balaban J connectivity index is 2.45. The molecule has 2 unspecified atom stereocenters. The number of aliphatic hydroxyl groups excluding tert-OH is 1. The van der Waals surface area contributed by atoms with Gasteiger partial charge in [-0.05, 0) is 20.8 Å². The fourth-order valence-corrected chi connectivity index (χ4v) is 1.73. The number of carbonyl (C=O) groups excluding carboxylic acids is 1. The van der Waals surface area contributed by atoms with E-state index in [1.54, 1.807) is 0 Å². The van der Waals surface area contributed by atoms with Crippen molar-refractivity contribution in [3.8, 4) is 0 Å². The van der Waals surface area contributed by atoms with Crippen molar-refractivity contribution in [2.24, 2.45) is 5.73 Å². The maximum Gasteiger partial charge on any atom is 0.410 e. The Hall–Kier alpha value is -0.850. The van der Waals surface area contributed by atoms with Crippen LogP contribution >= 0.6 is 0 Å². The number of amides is 1. The molecule has 0 radical (unpaired) electrons. The highest BCUT2D eigenvalue weighted by Crippen LogP contribution is 2.15. The summed E-state index contributed by atoms with van der Waals surface area (Å²) in [4.78, 5) is 13.3. The minimum absolute atomic E-state index is 0.119. The summed E-state index contributed by atoms with van der Waals surface area (Å²) in [7, 11) is 0. The molecule has 1 aliphatic rings. The molecule has 100 valence electrons. The first-order valence-corrected chi connectivity index (χ1v) is 5.93. The van der Waals surface area contributed by atoms with Crippen molar-refractivity contribution in [1.82, 2.24) is 10.2 Å². The number of nitrogens with one attached hydrogen (secondary N) is 1. The first-order valence-electron chi connectivity index (χ1n) is 5.93. The van der Waals surface area contributed by atoms with Crippen LogP contribution in [-0.4, -0.2) is 60.0 Å². The van der Waals surface area contributed by atoms with Crippen LogP contribution in [0.5, 0.6) is 0 Å². The summed E-state index contributed by atoms with van der Waals surface area (Å²) in [5.74, 6) is 0. The van der Waals surface area contributed by atoms with Gasteiger partial charge in [-0.2, -0.15) is 0 Å². The number of carbonyl (C=O) groups is 1. The fraction of sp³-hybridized carbons (Fsp3) is 0.909. The van der Waals surface area contributed by atoms with Gasteiger partial charge in [0.1, 0.15) is 5.60 Å². The largest absolute Gasteiger partial charge is 0.444 e. The molecule has 0 bridgehead atoms. The van der Waals surface area contributed by atoms with E-state index in [-0.39, 0.29) is 12.1 Å². The number of aliphatic hydroxyl groups is 1. The van der Waals surface area contributed by atoms with Crippen LogP contribution in [0, 0.1) is 0 Å². The SMILES string of the molecule is CC(C)(C)OC(=O)N1CC(O)C(NCCN)C1. The smallest absolute Gasteiger partial charge is 0.410 e. The zero-order valence-corrected chi connectivity index (χ0v) is 10.8. The van der Waals surface area contributed by atoms with Crippen LogP contribution in [0.4, 0.5) is 4.79 Å². The van der Waals surface area contributed by atoms with Gasteiger partial charge in [-0.1, -0.05) is 0 Å². The summed E-state index contributed by atoms with van der Waals surface area (Å²) in [5, 5.41) is 12.9. The van der Waals surface area contributed by atoms with Crippen molar-refractivity contribution < 1.29 is 14.6 Å². The van der Waals surface area contributed by atoms with E-state index in [2.05, 4.69) is 5.32 Å². The summed E-state index contributed by atoms with van der Waals surface area (Å²) in [6.45, 7) is 7.36. The van der Waals surface area contributed by atoms with E-state index in [0.29, 0.717) is 26.2 Å². The zero-order valence-electron chi connectivity index (χ0n) is 10.8. The molecule has 1 saturated heterocycles. The first-order chi connectivity index (χ1) is 7.83. The molecule has 1 rings (SSSR count). The van der Waals surface area contributed by atoms with E-state index in [9.17, 15) is 9.90 Å². The summed E-state index contributed by atoms with van der Waals surface area (Å²) in [6.07, 6.45) is -0.942. The van der Waals surface area contributed by atoms with Gasteiger partial charge in [0, 0.05) is 19.6 Å². The van der Waals surface area contributed by atoms with E-state index in [0.717, 1.165) is 0 Å².